The first kappa shape index (κ1) is 14.4. The molecule has 1 nitrogen and oxygen atoms in total. The third-order valence-corrected chi connectivity index (χ3v) is 4.26. The van der Waals surface area contributed by atoms with Gasteiger partial charge >= 0.3 is 0 Å². The van der Waals surface area contributed by atoms with Crippen molar-refractivity contribution in [1.82, 2.24) is 0 Å². The van der Waals surface area contributed by atoms with Crippen LogP contribution in [0, 0.1) is 0 Å². The molecule has 0 bridgehead atoms. The van der Waals surface area contributed by atoms with Gasteiger partial charge in [0.2, 0.25) is 0 Å². The minimum atomic E-state index is -0.171. The molecule has 0 fully saturated rings. The zero-order valence-corrected chi connectivity index (χ0v) is 12.4. The summed E-state index contributed by atoms with van der Waals surface area (Å²) < 4.78 is 0. The van der Waals surface area contributed by atoms with Crippen LogP contribution >= 0.6 is 23.2 Å². The molecule has 1 atom stereocenters. The zero-order valence-electron chi connectivity index (χ0n) is 10.9. The zero-order chi connectivity index (χ0) is 13.9. The van der Waals surface area contributed by atoms with Crippen LogP contribution in [0.4, 0.5) is 0 Å². The largest absolute Gasteiger partial charge is 0.330 e. The van der Waals surface area contributed by atoms with E-state index in [2.05, 4.69) is 19.1 Å². The lowest BCUT2D eigenvalue weighted by atomic mass is 9.77. The third-order valence-electron chi connectivity index (χ3n) is 3.55. The average Bonchev–Trinajstić information content (AvgIpc) is 2.44. The molecule has 3 heteroatoms. The summed E-state index contributed by atoms with van der Waals surface area (Å²) in [4.78, 5) is 0. The predicted octanol–water partition coefficient (Wildman–Crippen LogP) is 4.45. The second-order valence-corrected chi connectivity index (χ2v) is 5.82. The van der Waals surface area contributed by atoms with Crippen LogP contribution < -0.4 is 5.73 Å². The monoisotopic (exact) mass is 293 g/mol. The van der Waals surface area contributed by atoms with Crippen LogP contribution in [0.5, 0.6) is 0 Å². The molecular weight excluding hydrogens is 277 g/mol. The van der Waals surface area contributed by atoms with E-state index >= 15 is 0 Å². The summed E-state index contributed by atoms with van der Waals surface area (Å²) in [5, 5.41) is 1.39. The second kappa shape index (κ2) is 5.96. The normalized spacial score (nSPS) is 14.1. The SMILES string of the molecule is CC(CN)(Cc1c(Cl)cccc1Cl)c1ccccc1. The van der Waals surface area contributed by atoms with Gasteiger partial charge in [-0.1, -0.05) is 66.5 Å². The van der Waals surface area contributed by atoms with Gasteiger partial charge in [-0.15, -0.1) is 0 Å². The van der Waals surface area contributed by atoms with E-state index in [1.807, 2.05) is 36.4 Å². The molecule has 1 unspecified atom stereocenters. The van der Waals surface area contributed by atoms with Crippen molar-refractivity contribution < 1.29 is 0 Å². The Labute approximate surface area is 124 Å². The van der Waals surface area contributed by atoms with Gasteiger partial charge in [0, 0.05) is 22.0 Å². The molecule has 2 aromatic rings. The van der Waals surface area contributed by atoms with Crippen LogP contribution in [-0.2, 0) is 11.8 Å². The molecule has 2 aromatic carbocycles. The first-order chi connectivity index (χ1) is 9.07. The molecule has 2 N–H and O–H groups in total. The molecular formula is C16H17Cl2N. The van der Waals surface area contributed by atoms with Crippen molar-refractivity contribution >= 4 is 23.2 Å². The lowest BCUT2D eigenvalue weighted by Crippen LogP contribution is -2.34. The average molecular weight is 294 g/mol. The number of hydrogen-bond donors (Lipinski definition) is 1. The van der Waals surface area contributed by atoms with E-state index in [0.717, 1.165) is 12.0 Å². The van der Waals surface area contributed by atoms with E-state index in [-0.39, 0.29) is 5.41 Å². The van der Waals surface area contributed by atoms with Gasteiger partial charge in [0.05, 0.1) is 0 Å². The van der Waals surface area contributed by atoms with E-state index in [9.17, 15) is 0 Å². The molecule has 0 aliphatic carbocycles. The smallest absolute Gasteiger partial charge is 0.0453 e. The molecule has 0 saturated heterocycles. The molecule has 0 aliphatic heterocycles. The fourth-order valence-corrected chi connectivity index (χ4v) is 2.76. The van der Waals surface area contributed by atoms with Gasteiger partial charge in [-0.3, -0.25) is 0 Å². The molecule has 0 heterocycles. The summed E-state index contributed by atoms with van der Waals surface area (Å²) in [6.45, 7) is 2.68. The van der Waals surface area contributed by atoms with E-state index in [4.69, 9.17) is 28.9 Å². The maximum Gasteiger partial charge on any atom is 0.0453 e. The lowest BCUT2D eigenvalue weighted by molar-refractivity contribution is 0.481. The number of nitrogens with two attached hydrogens (primary N) is 1. The van der Waals surface area contributed by atoms with Gasteiger partial charge in [-0.25, -0.2) is 0 Å². The van der Waals surface area contributed by atoms with Crippen LogP contribution in [-0.4, -0.2) is 6.54 Å². The first-order valence-electron chi connectivity index (χ1n) is 6.25. The van der Waals surface area contributed by atoms with Crippen LogP contribution in [0.2, 0.25) is 10.0 Å². The Kier molecular flexibility index (Phi) is 4.51. The fourth-order valence-electron chi connectivity index (χ4n) is 2.22. The van der Waals surface area contributed by atoms with Gasteiger partial charge in [0.25, 0.3) is 0 Å². The highest BCUT2D eigenvalue weighted by Crippen LogP contribution is 2.33. The van der Waals surface area contributed by atoms with E-state index in [1.54, 1.807) is 0 Å². The van der Waals surface area contributed by atoms with Crippen molar-refractivity contribution in [3.8, 4) is 0 Å². The lowest BCUT2D eigenvalue weighted by Gasteiger charge is -2.29. The fraction of sp³-hybridized carbons (Fsp3) is 0.250. The maximum atomic E-state index is 6.25. The van der Waals surface area contributed by atoms with Gasteiger partial charge in [-0.05, 0) is 29.7 Å². The van der Waals surface area contributed by atoms with Crippen molar-refractivity contribution in [2.24, 2.45) is 5.73 Å². The number of rotatable bonds is 4. The topological polar surface area (TPSA) is 26.0 Å². The molecule has 0 radical (unpaired) electrons. The van der Waals surface area contributed by atoms with Gasteiger partial charge < -0.3 is 5.73 Å². The molecule has 2 rings (SSSR count). The predicted molar refractivity (Wildman–Crippen MR) is 83.0 cm³/mol. The van der Waals surface area contributed by atoms with E-state index in [0.29, 0.717) is 16.6 Å². The summed E-state index contributed by atoms with van der Waals surface area (Å²) in [5.41, 5.74) is 7.99. The van der Waals surface area contributed by atoms with E-state index in [1.165, 1.54) is 5.56 Å². The maximum absolute atomic E-state index is 6.25. The molecule has 100 valence electrons. The molecule has 0 saturated carbocycles. The second-order valence-electron chi connectivity index (χ2n) is 5.01. The van der Waals surface area contributed by atoms with Crippen molar-refractivity contribution in [1.29, 1.82) is 0 Å². The van der Waals surface area contributed by atoms with Crippen molar-refractivity contribution in [3.05, 3.63) is 69.7 Å². The van der Waals surface area contributed by atoms with Crippen molar-refractivity contribution in [2.75, 3.05) is 6.54 Å². The number of benzene rings is 2. The van der Waals surface area contributed by atoms with Crippen LogP contribution in [0.15, 0.2) is 48.5 Å². The van der Waals surface area contributed by atoms with Crippen LogP contribution in [0.3, 0.4) is 0 Å². The number of halogens is 2. The Morgan fingerprint density at radius 3 is 2.05 bits per heavy atom. The Hall–Kier alpha value is -1.02. The summed E-state index contributed by atoms with van der Waals surface area (Å²) in [6, 6.07) is 15.8. The minimum Gasteiger partial charge on any atom is -0.330 e. The third kappa shape index (κ3) is 3.11. The van der Waals surface area contributed by atoms with Crippen LogP contribution in [0.1, 0.15) is 18.1 Å². The molecule has 0 amide bonds. The van der Waals surface area contributed by atoms with E-state index < -0.39 is 0 Å². The summed E-state index contributed by atoms with van der Waals surface area (Å²) in [7, 11) is 0. The Bertz CT molecular complexity index is 534. The highest BCUT2D eigenvalue weighted by atomic mass is 35.5. The van der Waals surface area contributed by atoms with Crippen molar-refractivity contribution in [2.45, 2.75) is 18.8 Å². The summed E-state index contributed by atoms with van der Waals surface area (Å²) >= 11 is 12.5. The van der Waals surface area contributed by atoms with Gasteiger partial charge in [0.15, 0.2) is 0 Å². The van der Waals surface area contributed by atoms with Gasteiger partial charge in [-0.2, -0.15) is 0 Å². The molecule has 19 heavy (non-hydrogen) atoms. The Balaban J connectivity index is 2.39. The molecule has 0 aliphatic rings. The summed E-state index contributed by atoms with van der Waals surface area (Å²) in [6.07, 6.45) is 0.728. The van der Waals surface area contributed by atoms with Gasteiger partial charge in [0.1, 0.15) is 0 Å². The highest BCUT2D eigenvalue weighted by molar-refractivity contribution is 6.36. The quantitative estimate of drug-likeness (QED) is 0.885. The Morgan fingerprint density at radius 2 is 1.53 bits per heavy atom. The Morgan fingerprint density at radius 1 is 0.947 bits per heavy atom. The van der Waals surface area contributed by atoms with Crippen molar-refractivity contribution in [3.63, 3.8) is 0 Å². The minimum absolute atomic E-state index is 0.171. The molecule has 0 spiro atoms. The number of hydrogen-bond acceptors (Lipinski definition) is 1. The molecule has 0 aromatic heterocycles. The standard InChI is InChI=1S/C16H17Cl2N/c1-16(11-19,12-6-3-2-4-7-12)10-13-14(17)8-5-9-15(13)18/h2-9H,10-11,19H2,1H3. The van der Waals surface area contributed by atoms with Crippen LogP contribution in [0.25, 0.3) is 0 Å². The highest BCUT2D eigenvalue weighted by Gasteiger charge is 2.27. The summed E-state index contributed by atoms with van der Waals surface area (Å²) in [5.74, 6) is 0. The first-order valence-corrected chi connectivity index (χ1v) is 7.01.